The van der Waals surface area contributed by atoms with Crippen LogP contribution in [0, 0.1) is 18.6 Å². The predicted octanol–water partition coefficient (Wildman–Crippen LogP) is 8.04. The summed E-state index contributed by atoms with van der Waals surface area (Å²) < 4.78 is 35.9. The lowest BCUT2D eigenvalue weighted by Crippen LogP contribution is -2.15. The second-order valence-electron chi connectivity index (χ2n) is 10.4. The van der Waals surface area contributed by atoms with E-state index in [1.165, 1.54) is 24.3 Å². The molecule has 7 heteroatoms. The number of furan rings is 1. The maximum absolute atomic E-state index is 16.3. The Morgan fingerprint density at radius 3 is 2.40 bits per heavy atom. The fourth-order valence-electron chi connectivity index (χ4n) is 5.35. The topological polar surface area (TPSA) is 73.1 Å². The Morgan fingerprint density at radius 1 is 0.950 bits per heavy atom. The SMILES string of the molecule is CCC(=O)c1c(-c2ccc(F)cc2)oc2ccc(-c3cc(C(=O)CC4(c5cnccn5)CC4)ccc3C)c(F)c12. The number of aryl methyl sites for hydroxylation is 1. The number of Topliss-reactive ketones (excluding diaryl/α,β-unsaturated/α-hetero) is 2. The second-order valence-corrected chi connectivity index (χ2v) is 10.4. The van der Waals surface area contributed by atoms with Gasteiger partial charge in [-0.15, -0.1) is 0 Å². The standard InChI is InChI=1S/C33H26F2N2O3/c1-3-25(38)29-30-27(40-32(29)20-6-8-22(34)9-7-20)11-10-23(31(30)35)24-16-21(5-4-19(24)2)26(39)17-33(12-13-33)28-18-36-14-15-37-28/h4-11,14-16,18H,3,12-13,17H2,1-2H3. The van der Waals surface area contributed by atoms with E-state index >= 15 is 4.39 Å². The van der Waals surface area contributed by atoms with E-state index in [0.29, 0.717) is 23.1 Å². The molecular weight excluding hydrogens is 510 g/mol. The molecule has 3 aromatic carbocycles. The predicted molar refractivity (Wildman–Crippen MR) is 148 cm³/mol. The molecule has 40 heavy (non-hydrogen) atoms. The van der Waals surface area contributed by atoms with Crippen LogP contribution < -0.4 is 0 Å². The quantitative estimate of drug-likeness (QED) is 0.188. The molecule has 0 bridgehead atoms. The molecule has 1 aliphatic carbocycles. The molecule has 0 saturated heterocycles. The summed E-state index contributed by atoms with van der Waals surface area (Å²) in [5.41, 5.74) is 3.46. The second kappa shape index (κ2) is 9.90. The van der Waals surface area contributed by atoms with Crippen LogP contribution in [-0.4, -0.2) is 21.5 Å². The van der Waals surface area contributed by atoms with E-state index in [1.807, 2.05) is 13.0 Å². The van der Waals surface area contributed by atoms with Crippen LogP contribution in [0.4, 0.5) is 8.78 Å². The van der Waals surface area contributed by atoms with Crippen LogP contribution in [0.5, 0.6) is 0 Å². The molecule has 1 saturated carbocycles. The van der Waals surface area contributed by atoms with Gasteiger partial charge in [0.2, 0.25) is 0 Å². The van der Waals surface area contributed by atoms with Crippen molar-refractivity contribution in [3.8, 4) is 22.5 Å². The molecule has 0 atom stereocenters. The first-order valence-corrected chi connectivity index (χ1v) is 13.3. The van der Waals surface area contributed by atoms with Crippen molar-refractivity contribution >= 4 is 22.5 Å². The first-order valence-electron chi connectivity index (χ1n) is 13.3. The molecule has 1 fully saturated rings. The van der Waals surface area contributed by atoms with E-state index in [4.69, 9.17) is 4.42 Å². The molecular formula is C33H26F2N2O3. The molecule has 5 nitrogen and oxygen atoms in total. The smallest absolute Gasteiger partial charge is 0.167 e. The van der Waals surface area contributed by atoms with Gasteiger partial charge >= 0.3 is 0 Å². The minimum absolute atomic E-state index is 0.0466. The molecule has 0 amide bonds. The zero-order valence-corrected chi connectivity index (χ0v) is 22.1. The Kier molecular flexibility index (Phi) is 6.37. The van der Waals surface area contributed by atoms with Gasteiger partial charge < -0.3 is 4.42 Å². The fourth-order valence-corrected chi connectivity index (χ4v) is 5.35. The van der Waals surface area contributed by atoms with Crippen molar-refractivity contribution in [2.75, 3.05) is 0 Å². The van der Waals surface area contributed by atoms with E-state index in [-0.39, 0.29) is 51.3 Å². The van der Waals surface area contributed by atoms with Gasteiger partial charge in [-0.2, -0.15) is 0 Å². The highest BCUT2D eigenvalue weighted by Crippen LogP contribution is 2.50. The number of halogens is 2. The number of benzene rings is 3. The van der Waals surface area contributed by atoms with Crippen molar-refractivity contribution in [3.05, 3.63) is 107 Å². The Morgan fingerprint density at radius 2 is 1.73 bits per heavy atom. The highest BCUT2D eigenvalue weighted by atomic mass is 19.1. The van der Waals surface area contributed by atoms with Gasteiger partial charge in [0.05, 0.1) is 16.6 Å². The Hall–Kier alpha value is -4.52. The summed E-state index contributed by atoms with van der Waals surface area (Å²) in [7, 11) is 0. The van der Waals surface area contributed by atoms with Gasteiger partial charge in [0.15, 0.2) is 11.6 Å². The minimum Gasteiger partial charge on any atom is -0.455 e. The van der Waals surface area contributed by atoms with Gasteiger partial charge in [0, 0.05) is 53.5 Å². The Labute approximate surface area is 229 Å². The van der Waals surface area contributed by atoms with Crippen LogP contribution in [0.3, 0.4) is 0 Å². The van der Waals surface area contributed by atoms with Crippen LogP contribution in [0.2, 0.25) is 0 Å². The maximum Gasteiger partial charge on any atom is 0.167 e. The molecule has 0 unspecified atom stereocenters. The van der Waals surface area contributed by atoms with Crippen LogP contribution in [-0.2, 0) is 5.41 Å². The summed E-state index contributed by atoms with van der Waals surface area (Å²) >= 11 is 0. The molecule has 0 aliphatic heterocycles. The van der Waals surface area contributed by atoms with Gasteiger partial charge in [-0.3, -0.25) is 19.6 Å². The molecule has 2 aromatic heterocycles. The Bertz CT molecular complexity index is 1770. The van der Waals surface area contributed by atoms with E-state index in [0.717, 1.165) is 24.1 Å². The molecule has 6 rings (SSSR count). The average molecular weight is 537 g/mol. The van der Waals surface area contributed by atoms with E-state index in [1.54, 1.807) is 49.8 Å². The number of rotatable bonds is 8. The molecule has 0 spiro atoms. The van der Waals surface area contributed by atoms with Gasteiger partial charge in [0.1, 0.15) is 23.0 Å². The van der Waals surface area contributed by atoms with Gasteiger partial charge in [0.25, 0.3) is 0 Å². The minimum atomic E-state index is -0.600. The monoisotopic (exact) mass is 536 g/mol. The first-order chi connectivity index (χ1) is 19.3. The summed E-state index contributed by atoms with van der Waals surface area (Å²) in [6.45, 7) is 3.55. The molecule has 200 valence electrons. The lowest BCUT2D eigenvalue weighted by molar-refractivity contribution is 0.0966. The van der Waals surface area contributed by atoms with Crippen molar-refractivity contribution in [1.82, 2.24) is 9.97 Å². The summed E-state index contributed by atoms with van der Waals surface area (Å²) in [6, 6.07) is 14.1. The highest BCUT2D eigenvalue weighted by Gasteiger charge is 2.47. The van der Waals surface area contributed by atoms with E-state index < -0.39 is 11.6 Å². The number of hydrogen-bond acceptors (Lipinski definition) is 5. The normalized spacial score (nSPS) is 13.9. The number of aromatic nitrogens is 2. The van der Waals surface area contributed by atoms with Crippen molar-refractivity contribution < 1.29 is 22.8 Å². The third kappa shape index (κ3) is 4.41. The summed E-state index contributed by atoms with van der Waals surface area (Å²) in [5, 5.41) is 0.0828. The summed E-state index contributed by atoms with van der Waals surface area (Å²) in [5.74, 6) is -1.15. The number of nitrogens with zero attached hydrogens (tertiary/aromatic N) is 2. The van der Waals surface area contributed by atoms with Crippen molar-refractivity contribution in [3.63, 3.8) is 0 Å². The zero-order chi connectivity index (χ0) is 28.0. The van der Waals surface area contributed by atoms with Gasteiger partial charge in [-0.1, -0.05) is 19.1 Å². The van der Waals surface area contributed by atoms with Crippen LogP contribution >= 0.6 is 0 Å². The van der Waals surface area contributed by atoms with Crippen molar-refractivity contribution in [1.29, 1.82) is 0 Å². The molecule has 5 aromatic rings. The van der Waals surface area contributed by atoms with Gasteiger partial charge in [-0.25, -0.2) is 8.78 Å². The van der Waals surface area contributed by atoms with Crippen molar-refractivity contribution in [2.24, 2.45) is 0 Å². The number of carbonyl (C=O) groups excluding carboxylic acids is 2. The number of ketones is 2. The fraction of sp³-hybridized carbons (Fsp3) is 0.212. The zero-order valence-electron chi connectivity index (χ0n) is 22.1. The van der Waals surface area contributed by atoms with Crippen molar-refractivity contribution in [2.45, 2.75) is 44.9 Å². The lowest BCUT2D eigenvalue weighted by Gasteiger charge is -2.15. The van der Waals surface area contributed by atoms with E-state index in [2.05, 4.69) is 9.97 Å². The number of fused-ring (bicyclic) bond motifs is 1. The summed E-state index contributed by atoms with van der Waals surface area (Å²) in [4.78, 5) is 35.0. The average Bonchev–Trinajstić information content (AvgIpc) is 3.65. The van der Waals surface area contributed by atoms with Crippen LogP contribution in [0.25, 0.3) is 33.4 Å². The third-order valence-corrected chi connectivity index (χ3v) is 7.81. The van der Waals surface area contributed by atoms with Crippen LogP contribution in [0.1, 0.15) is 64.6 Å². The number of hydrogen-bond donors (Lipinski definition) is 0. The third-order valence-electron chi connectivity index (χ3n) is 7.81. The molecule has 0 N–H and O–H groups in total. The van der Waals surface area contributed by atoms with Gasteiger partial charge in [-0.05, 0) is 73.4 Å². The van der Waals surface area contributed by atoms with E-state index in [9.17, 15) is 14.0 Å². The highest BCUT2D eigenvalue weighted by molar-refractivity contribution is 6.13. The summed E-state index contributed by atoms with van der Waals surface area (Å²) in [6.07, 6.45) is 7.14. The first kappa shape index (κ1) is 25.7. The number of carbonyl (C=O) groups is 2. The largest absolute Gasteiger partial charge is 0.455 e. The molecule has 2 heterocycles. The molecule has 1 aliphatic rings. The van der Waals surface area contributed by atoms with Crippen LogP contribution in [0.15, 0.2) is 77.6 Å². The lowest BCUT2D eigenvalue weighted by atomic mass is 9.89. The Balaban J connectivity index is 1.43. The molecule has 0 radical (unpaired) electrons. The maximum atomic E-state index is 16.3.